The molecule has 3 rings (SSSR count). The van der Waals surface area contributed by atoms with Crippen molar-refractivity contribution in [3.05, 3.63) is 65.7 Å². The molecule has 0 radical (unpaired) electrons. The van der Waals surface area contributed by atoms with Crippen molar-refractivity contribution in [3.8, 4) is 0 Å². The van der Waals surface area contributed by atoms with E-state index in [0.29, 0.717) is 13.0 Å². The Balaban J connectivity index is 0.00000261. The molecule has 0 fully saturated rings. The van der Waals surface area contributed by atoms with E-state index in [-0.39, 0.29) is 30.3 Å². The molecule has 5 nitrogen and oxygen atoms in total. The summed E-state index contributed by atoms with van der Waals surface area (Å²) in [6, 6.07) is 17.0. The number of rotatable bonds is 5. The highest BCUT2D eigenvalue weighted by Crippen LogP contribution is 2.28. The van der Waals surface area contributed by atoms with Crippen LogP contribution in [0, 0.1) is 0 Å². The van der Waals surface area contributed by atoms with E-state index >= 15 is 0 Å². The summed E-state index contributed by atoms with van der Waals surface area (Å²) >= 11 is 0. The van der Waals surface area contributed by atoms with Crippen molar-refractivity contribution in [1.82, 2.24) is 10.6 Å². The van der Waals surface area contributed by atoms with E-state index in [4.69, 9.17) is 0 Å². The Hall–Kier alpha value is -2.37. The van der Waals surface area contributed by atoms with Gasteiger partial charge >= 0.3 is 0 Å². The third kappa shape index (κ3) is 4.87. The van der Waals surface area contributed by atoms with Crippen LogP contribution in [0.25, 0.3) is 0 Å². The van der Waals surface area contributed by atoms with Gasteiger partial charge in [-0.25, -0.2) is 0 Å². The number of para-hydroxylation sites is 1. The summed E-state index contributed by atoms with van der Waals surface area (Å²) in [4.78, 5) is 27.3. The molecule has 1 aliphatic heterocycles. The number of halogens is 1. The van der Waals surface area contributed by atoms with Crippen molar-refractivity contribution >= 4 is 29.9 Å². The second kappa shape index (κ2) is 9.53. The van der Waals surface area contributed by atoms with Crippen LogP contribution in [-0.4, -0.2) is 30.9 Å². The highest BCUT2D eigenvalue weighted by Gasteiger charge is 2.31. The van der Waals surface area contributed by atoms with Gasteiger partial charge in [0.05, 0.1) is 12.6 Å². The maximum atomic E-state index is 13.2. The normalized spacial score (nSPS) is 17.3. The molecule has 0 spiro atoms. The van der Waals surface area contributed by atoms with E-state index in [1.165, 1.54) is 0 Å². The van der Waals surface area contributed by atoms with Gasteiger partial charge in [0, 0.05) is 5.69 Å². The number of anilines is 1. The number of nitrogens with zero attached hydrogens (tertiary/aromatic N) is 1. The Kier molecular flexibility index (Phi) is 7.39. The molecule has 0 bridgehead atoms. The molecule has 0 saturated heterocycles. The molecular weight excluding hydrogens is 362 g/mol. The number of carbonyl (C=O) groups excluding carboxylic acids is 2. The number of hydrogen-bond donors (Lipinski definition) is 2. The highest BCUT2D eigenvalue weighted by atomic mass is 35.5. The van der Waals surface area contributed by atoms with Crippen LogP contribution in [-0.2, 0) is 22.6 Å². The zero-order chi connectivity index (χ0) is 18.5. The van der Waals surface area contributed by atoms with Gasteiger partial charge in [0.15, 0.2) is 0 Å². The number of likely N-dealkylation sites (N-methyl/N-ethyl adjacent to an activating group) is 1. The predicted molar refractivity (Wildman–Crippen MR) is 110 cm³/mol. The number of benzene rings is 2. The molecule has 144 valence electrons. The molecule has 1 heterocycles. The lowest BCUT2D eigenvalue weighted by molar-refractivity contribution is -0.128. The van der Waals surface area contributed by atoms with Crippen molar-refractivity contribution < 1.29 is 9.59 Å². The van der Waals surface area contributed by atoms with Gasteiger partial charge in [-0.15, -0.1) is 12.4 Å². The zero-order valence-electron chi connectivity index (χ0n) is 15.6. The number of fused-ring (bicyclic) bond motifs is 1. The van der Waals surface area contributed by atoms with Gasteiger partial charge in [0.1, 0.15) is 6.04 Å². The lowest BCUT2D eigenvalue weighted by Gasteiger charge is -2.27. The van der Waals surface area contributed by atoms with Gasteiger partial charge < -0.3 is 15.5 Å². The van der Waals surface area contributed by atoms with Crippen LogP contribution < -0.4 is 15.5 Å². The number of aryl methyl sites for hydroxylation is 1. The van der Waals surface area contributed by atoms with Gasteiger partial charge in [-0.2, -0.15) is 0 Å². The predicted octanol–water partition coefficient (Wildman–Crippen LogP) is 2.68. The van der Waals surface area contributed by atoms with Gasteiger partial charge in [-0.05, 0) is 44.0 Å². The molecule has 6 heteroatoms. The van der Waals surface area contributed by atoms with Crippen molar-refractivity contribution in [2.45, 2.75) is 38.4 Å². The van der Waals surface area contributed by atoms with Gasteiger partial charge in [0.2, 0.25) is 11.8 Å². The Morgan fingerprint density at radius 1 is 1.15 bits per heavy atom. The van der Waals surface area contributed by atoms with E-state index in [1.807, 2.05) is 48.5 Å². The largest absolute Gasteiger partial charge is 0.343 e. The lowest BCUT2D eigenvalue weighted by Crippen LogP contribution is -2.52. The molecule has 2 amide bonds. The molecule has 27 heavy (non-hydrogen) atoms. The molecule has 1 aliphatic rings. The van der Waals surface area contributed by atoms with Crippen LogP contribution in [0.15, 0.2) is 54.6 Å². The summed E-state index contributed by atoms with van der Waals surface area (Å²) in [5, 5.41) is 5.83. The average Bonchev–Trinajstić information content (AvgIpc) is 2.80. The third-order valence-electron chi connectivity index (χ3n) is 4.88. The van der Waals surface area contributed by atoms with Crippen molar-refractivity contribution in [3.63, 3.8) is 0 Å². The quantitative estimate of drug-likeness (QED) is 0.829. The summed E-state index contributed by atoms with van der Waals surface area (Å²) in [5.74, 6) is -0.216. The lowest BCUT2D eigenvalue weighted by atomic mass is 10.1. The SMILES string of the molecule is CNC(C)C(=O)N[C@H]1CCc2ccccc2N(Cc2ccccc2)C1=O.Cl. The summed E-state index contributed by atoms with van der Waals surface area (Å²) in [5.41, 5.74) is 3.13. The molecule has 0 aliphatic carbocycles. The zero-order valence-corrected chi connectivity index (χ0v) is 16.5. The third-order valence-corrected chi connectivity index (χ3v) is 4.88. The minimum atomic E-state index is -0.519. The molecular formula is C21H26ClN3O2. The van der Waals surface area contributed by atoms with Crippen molar-refractivity contribution in [2.24, 2.45) is 0 Å². The first-order valence-electron chi connectivity index (χ1n) is 9.01. The Morgan fingerprint density at radius 3 is 2.52 bits per heavy atom. The van der Waals surface area contributed by atoms with Gasteiger partial charge in [-0.3, -0.25) is 9.59 Å². The molecule has 2 aromatic rings. The molecule has 2 aromatic carbocycles. The summed E-state index contributed by atoms with van der Waals surface area (Å²) < 4.78 is 0. The maximum absolute atomic E-state index is 13.2. The van der Waals surface area contributed by atoms with Crippen LogP contribution in [0.3, 0.4) is 0 Å². The van der Waals surface area contributed by atoms with E-state index in [0.717, 1.165) is 23.2 Å². The highest BCUT2D eigenvalue weighted by molar-refractivity contribution is 6.00. The van der Waals surface area contributed by atoms with E-state index in [2.05, 4.69) is 16.7 Å². The number of nitrogens with one attached hydrogen (secondary N) is 2. The first-order chi connectivity index (χ1) is 12.6. The average molecular weight is 388 g/mol. The molecule has 0 aromatic heterocycles. The van der Waals surface area contributed by atoms with Crippen LogP contribution in [0.5, 0.6) is 0 Å². The molecule has 2 N–H and O–H groups in total. The van der Waals surface area contributed by atoms with E-state index in [9.17, 15) is 9.59 Å². The monoisotopic (exact) mass is 387 g/mol. The second-order valence-electron chi connectivity index (χ2n) is 6.65. The van der Waals surface area contributed by atoms with Gasteiger partial charge in [-0.1, -0.05) is 48.5 Å². The second-order valence-corrected chi connectivity index (χ2v) is 6.65. The van der Waals surface area contributed by atoms with E-state index < -0.39 is 6.04 Å². The van der Waals surface area contributed by atoms with Crippen LogP contribution in [0.2, 0.25) is 0 Å². The van der Waals surface area contributed by atoms with E-state index in [1.54, 1.807) is 18.9 Å². The Morgan fingerprint density at radius 2 is 1.81 bits per heavy atom. The van der Waals surface area contributed by atoms with Crippen LogP contribution >= 0.6 is 12.4 Å². The summed E-state index contributed by atoms with van der Waals surface area (Å²) in [6.07, 6.45) is 1.36. The standard InChI is InChI=1S/C21H25N3O2.ClH/c1-15(22-2)20(25)23-18-13-12-17-10-6-7-11-19(17)24(21(18)26)14-16-8-4-3-5-9-16;/h3-11,15,18,22H,12-14H2,1-2H3,(H,23,25);1H/t15?,18-;/m0./s1. The topological polar surface area (TPSA) is 61.4 Å². The first kappa shape index (κ1) is 20.9. The molecule has 1 unspecified atom stereocenters. The van der Waals surface area contributed by atoms with Crippen molar-refractivity contribution in [2.75, 3.05) is 11.9 Å². The smallest absolute Gasteiger partial charge is 0.249 e. The Labute approximate surface area is 166 Å². The van der Waals surface area contributed by atoms with Crippen LogP contribution in [0.4, 0.5) is 5.69 Å². The van der Waals surface area contributed by atoms with Crippen LogP contribution in [0.1, 0.15) is 24.5 Å². The number of carbonyl (C=O) groups is 2. The van der Waals surface area contributed by atoms with Gasteiger partial charge in [0.25, 0.3) is 0 Å². The fourth-order valence-electron chi connectivity index (χ4n) is 3.21. The summed E-state index contributed by atoms with van der Waals surface area (Å²) in [6.45, 7) is 2.28. The fourth-order valence-corrected chi connectivity index (χ4v) is 3.21. The van der Waals surface area contributed by atoms with Crippen molar-refractivity contribution in [1.29, 1.82) is 0 Å². The minimum Gasteiger partial charge on any atom is -0.343 e. The maximum Gasteiger partial charge on any atom is 0.249 e. The molecule has 2 atom stereocenters. The summed E-state index contributed by atoms with van der Waals surface area (Å²) in [7, 11) is 1.73. The minimum absolute atomic E-state index is 0. The molecule has 0 saturated carbocycles. The number of hydrogen-bond acceptors (Lipinski definition) is 3. The first-order valence-corrected chi connectivity index (χ1v) is 9.01. The fraction of sp³-hybridized carbons (Fsp3) is 0.333. The number of amides is 2. The Bertz CT molecular complexity index is 782.